The van der Waals surface area contributed by atoms with Gasteiger partial charge in [-0.1, -0.05) is 0 Å². The fourth-order valence-electron chi connectivity index (χ4n) is 2.76. The number of carbonyl (C=O) groups is 1. The van der Waals surface area contributed by atoms with Gasteiger partial charge in [0.15, 0.2) is 16.3 Å². The summed E-state index contributed by atoms with van der Waals surface area (Å²) < 4.78 is 13.4. The van der Waals surface area contributed by atoms with Crippen molar-refractivity contribution in [1.82, 2.24) is 14.9 Å². The van der Waals surface area contributed by atoms with Crippen LogP contribution in [0.15, 0.2) is 12.1 Å². The molecule has 1 aliphatic heterocycles. The molecule has 1 aliphatic rings. The standard InChI is InChI=1S/C14H17N3O3S/c1-19-11-5-9-10(6-12(11)20-2)17(14(21)16-9)8-3-4-13(18)15-7-8/h5-6,8H,3-4,7H2,1-2H3,(H,15,18)(H,16,21). The Labute approximate surface area is 127 Å². The smallest absolute Gasteiger partial charge is 0.220 e. The molecule has 0 radical (unpaired) electrons. The van der Waals surface area contributed by atoms with Crippen LogP contribution in [0.5, 0.6) is 11.5 Å². The van der Waals surface area contributed by atoms with Gasteiger partial charge in [-0.2, -0.15) is 0 Å². The van der Waals surface area contributed by atoms with Crippen LogP contribution in [0.2, 0.25) is 0 Å². The fourth-order valence-corrected chi connectivity index (χ4v) is 3.11. The Morgan fingerprint density at radius 1 is 1.29 bits per heavy atom. The van der Waals surface area contributed by atoms with Crippen LogP contribution in [0.3, 0.4) is 0 Å². The van der Waals surface area contributed by atoms with Crippen LogP contribution in [0.1, 0.15) is 18.9 Å². The molecule has 2 N–H and O–H groups in total. The lowest BCUT2D eigenvalue weighted by Gasteiger charge is -2.24. The highest BCUT2D eigenvalue weighted by Crippen LogP contribution is 2.33. The first-order chi connectivity index (χ1) is 10.1. The van der Waals surface area contributed by atoms with E-state index in [-0.39, 0.29) is 11.9 Å². The van der Waals surface area contributed by atoms with Crippen LogP contribution >= 0.6 is 12.2 Å². The largest absolute Gasteiger partial charge is 0.493 e. The van der Waals surface area contributed by atoms with Gasteiger partial charge in [-0.25, -0.2) is 0 Å². The predicted molar refractivity (Wildman–Crippen MR) is 81.5 cm³/mol. The first-order valence-electron chi connectivity index (χ1n) is 6.77. The van der Waals surface area contributed by atoms with E-state index < -0.39 is 0 Å². The molecular formula is C14H17N3O3S. The number of rotatable bonds is 3. The zero-order valence-electron chi connectivity index (χ0n) is 11.9. The lowest BCUT2D eigenvalue weighted by Crippen LogP contribution is -2.36. The number of imidazole rings is 1. The van der Waals surface area contributed by atoms with Crippen LogP contribution < -0.4 is 14.8 Å². The second-order valence-corrected chi connectivity index (χ2v) is 5.41. The Hall–Kier alpha value is -2.02. The molecular weight excluding hydrogens is 290 g/mol. The molecule has 1 fully saturated rings. The fraction of sp³-hybridized carbons (Fsp3) is 0.429. The number of carbonyl (C=O) groups excluding carboxylic acids is 1. The minimum Gasteiger partial charge on any atom is -0.493 e. The molecule has 0 spiro atoms. The maximum atomic E-state index is 11.3. The number of nitrogens with one attached hydrogen (secondary N) is 2. The second kappa shape index (κ2) is 5.40. The van der Waals surface area contributed by atoms with Crippen molar-refractivity contribution in [1.29, 1.82) is 0 Å². The molecule has 0 saturated carbocycles. The number of aromatic amines is 1. The van der Waals surface area contributed by atoms with E-state index in [9.17, 15) is 4.79 Å². The quantitative estimate of drug-likeness (QED) is 0.853. The summed E-state index contributed by atoms with van der Waals surface area (Å²) in [6, 6.07) is 3.95. The molecule has 2 aromatic rings. The van der Waals surface area contributed by atoms with Gasteiger partial charge in [0.2, 0.25) is 5.91 Å². The van der Waals surface area contributed by atoms with E-state index in [0.717, 1.165) is 17.5 Å². The van der Waals surface area contributed by atoms with Crippen molar-refractivity contribution in [3.05, 3.63) is 16.9 Å². The molecule has 3 rings (SSSR count). The summed E-state index contributed by atoms with van der Waals surface area (Å²) in [6.45, 7) is 0.592. The van der Waals surface area contributed by atoms with E-state index in [4.69, 9.17) is 21.7 Å². The summed E-state index contributed by atoms with van der Waals surface area (Å²) in [4.78, 5) is 14.5. The van der Waals surface area contributed by atoms with Crippen LogP contribution in [-0.4, -0.2) is 36.2 Å². The average Bonchev–Trinajstić information content (AvgIpc) is 2.81. The molecule has 0 aliphatic carbocycles. The van der Waals surface area contributed by atoms with Gasteiger partial charge in [-0.15, -0.1) is 0 Å². The molecule has 21 heavy (non-hydrogen) atoms. The maximum Gasteiger partial charge on any atom is 0.220 e. The summed E-state index contributed by atoms with van der Waals surface area (Å²) in [6.07, 6.45) is 1.30. The molecule has 0 bridgehead atoms. The summed E-state index contributed by atoms with van der Waals surface area (Å²) in [7, 11) is 3.21. The molecule has 1 unspecified atom stereocenters. The molecule has 6 nitrogen and oxygen atoms in total. The Morgan fingerprint density at radius 2 is 2.00 bits per heavy atom. The van der Waals surface area contributed by atoms with Crippen molar-refractivity contribution < 1.29 is 14.3 Å². The van der Waals surface area contributed by atoms with Gasteiger partial charge < -0.3 is 24.3 Å². The summed E-state index contributed by atoms with van der Waals surface area (Å²) in [5, 5.41) is 2.89. The lowest BCUT2D eigenvalue weighted by atomic mass is 10.1. The monoisotopic (exact) mass is 307 g/mol. The second-order valence-electron chi connectivity index (χ2n) is 5.02. The zero-order valence-corrected chi connectivity index (χ0v) is 12.8. The Kier molecular flexibility index (Phi) is 3.59. The summed E-state index contributed by atoms with van der Waals surface area (Å²) in [5.41, 5.74) is 1.85. The van der Waals surface area contributed by atoms with E-state index in [0.29, 0.717) is 29.2 Å². The number of piperidine rings is 1. The molecule has 2 heterocycles. The molecule has 1 aromatic heterocycles. The van der Waals surface area contributed by atoms with Crippen molar-refractivity contribution in [3.63, 3.8) is 0 Å². The van der Waals surface area contributed by atoms with E-state index >= 15 is 0 Å². The molecule has 1 atom stereocenters. The van der Waals surface area contributed by atoms with E-state index in [1.807, 2.05) is 16.7 Å². The Balaban J connectivity index is 2.12. The number of nitrogens with zero attached hydrogens (tertiary/aromatic N) is 1. The van der Waals surface area contributed by atoms with Gasteiger partial charge in [-0.05, 0) is 18.6 Å². The molecule has 7 heteroatoms. The Morgan fingerprint density at radius 3 is 2.62 bits per heavy atom. The van der Waals surface area contributed by atoms with E-state index in [1.165, 1.54) is 0 Å². The summed E-state index contributed by atoms with van der Waals surface area (Å²) in [5.74, 6) is 1.41. The number of methoxy groups -OCH3 is 2. The highest BCUT2D eigenvalue weighted by atomic mass is 32.1. The first-order valence-corrected chi connectivity index (χ1v) is 7.17. The topological polar surface area (TPSA) is 68.3 Å². The van der Waals surface area contributed by atoms with Gasteiger partial charge in [0.05, 0.1) is 31.3 Å². The Bertz CT molecular complexity index is 740. The predicted octanol–water partition coefficient (Wildman–Crippen LogP) is 2.17. The number of benzene rings is 1. The van der Waals surface area contributed by atoms with Gasteiger partial charge in [-0.3, -0.25) is 4.79 Å². The number of aromatic nitrogens is 2. The third-order valence-corrected chi connectivity index (χ3v) is 4.13. The minimum atomic E-state index is 0.0943. The number of hydrogen-bond acceptors (Lipinski definition) is 4. The average molecular weight is 307 g/mol. The van der Waals surface area contributed by atoms with Gasteiger partial charge in [0.1, 0.15) is 0 Å². The third-order valence-electron chi connectivity index (χ3n) is 3.83. The number of ether oxygens (including phenoxy) is 2. The molecule has 112 valence electrons. The lowest BCUT2D eigenvalue weighted by molar-refractivity contribution is -0.122. The van der Waals surface area contributed by atoms with Crippen LogP contribution in [-0.2, 0) is 4.79 Å². The van der Waals surface area contributed by atoms with Crippen LogP contribution in [0.25, 0.3) is 11.0 Å². The highest BCUT2D eigenvalue weighted by Gasteiger charge is 2.22. The number of hydrogen-bond donors (Lipinski definition) is 2. The number of amides is 1. The minimum absolute atomic E-state index is 0.0943. The van der Waals surface area contributed by atoms with Crippen molar-refractivity contribution in [2.24, 2.45) is 0 Å². The van der Waals surface area contributed by atoms with E-state index in [2.05, 4.69) is 10.3 Å². The van der Waals surface area contributed by atoms with E-state index in [1.54, 1.807) is 14.2 Å². The normalized spacial score (nSPS) is 18.6. The van der Waals surface area contributed by atoms with Crippen LogP contribution in [0.4, 0.5) is 0 Å². The molecule has 1 amide bonds. The maximum absolute atomic E-state index is 11.3. The number of H-pyrrole nitrogens is 1. The molecule has 1 aromatic carbocycles. The van der Waals surface area contributed by atoms with Crippen molar-refractivity contribution in [2.75, 3.05) is 20.8 Å². The summed E-state index contributed by atoms with van der Waals surface area (Å²) >= 11 is 5.44. The van der Waals surface area contributed by atoms with Crippen molar-refractivity contribution >= 4 is 29.2 Å². The van der Waals surface area contributed by atoms with Gasteiger partial charge in [0, 0.05) is 25.1 Å². The van der Waals surface area contributed by atoms with Gasteiger partial charge >= 0.3 is 0 Å². The third kappa shape index (κ3) is 2.37. The molecule has 1 saturated heterocycles. The first kappa shape index (κ1) is 13.9. The highest BCUT2D eigenvalue weighted by molar-refractivity contribution is 7.71. The van der Waals surface area contributed by atoms with Crippen molar-refractivity contribution in [3.8, 4) is 11.5 Å². The zero-order chi connectivity index (χ0) is 15.0. The SMILES string of the molecule is COc1cc2[nH]c(=S)n(C3CCC(=O)NC3)c2cc1OC. The van der Waals surface area contributed by atoms with Gasteiger partial charge in [0.25, 0.3) is 0 Å². The van der Waals surface area contributed by atoms with Crippen molar-refractivity contribution in [2.45, 2.75) is 18.9 Å². The number of fused-ring (bicyclic) bond motifs is 1. The van der Waals surface area contributed by atoms with Crippen LogP contribution in [0, 0.1) is 4.77 Å².